The van der Waals surface area contributed by atoms with Crippen LogP contribution >= 0.6 is 0 Å². The summed E-state index contributed by atoms with van der Waals surface area (Å²) in [4.78, 5) is 25.2. The Balaban J connectivity index is 1.60. The summed E-state index contributed by atoms with van der Waals surface area (Å²) in [7, 11) is 0. The van der Waals surface area contributed by atoms with Crippen molar-refractivity contribution >= 4 is 22.7 Å². The number of aromatic nitrogens is 1. The number of nitrogens with zero attached hydrogens (tertiary/aromatic N) is 1. The number of hydrogen-bond donors (Lipinski definition) is 2. The molecule has 0 fully saturated rings. The van der Waals surface area contributed by atoms with Crippen molar-refractivity contribution in [3.05, 3.63) is 83.8 Å². The molecule has 0 spiro atoms. The highest BCUT2D eigenvalue weighted by molar-refractivity contribution is 5.95. The quantitative estimate of drug-likeness (QED) is 0.467. The average molecular weight is 463 g/mol. The van der Waals surface area contributed by atoms with Gasteiger partial charge in [-0.1, -0.05) is 48.5 Å². The third kappa shape index (κ3) is 5.55. The number of nitrogens with one attached hydrogen (secondary N) is 1. The molecule has 0 saturated carbocycles. The molecule has 7 nitrogen and oxygen atoms in total. The van der Waals surface area contributed by atoms with E-state index in [2.05, 4.69) is 5.32 Å². The number of hydrogen-bond acceptors (Lipinski definition) is 5. The van der Waals surface area contributed by atoms with Crippen molar-refractivity contribution < 1.29 is 24.2 Å². The minimum absolute atomic E-state index is 0.0730. The Labute approximate surface area is 199 Å². The maximum Gasteiger partial charge on any atom is 0.286 e. The smallest absolute Gasteiger partial charge is 0.286 e. The molecule has 0 bridgehead atoms. The Hall–Kier alpha value is -3.42. The highest BCUT2D eigenvalue weighted by Crippen LogP contribution is 2.36. The Morgan fingerprint density at radius 2 is 1.88 bits per heavy atom. The fourth-order valence-electron chi connectivity index (χ4n) is 4.19. The molecule has 2 aromatic carbocycles. The fourth-order valence-corrected chi connectivity index (χ4v) is 4.19. The van der Waals surface area contributed by atoms with Gasteiger partial charge in [-0.3, -0.25) is 14.2 Å². The van der Waals surface area contributed by atoms with Gasteiger partial charge in [-0.15, -0.1) is 0 Å². The Morgan fingerprint density at radius 1 is 1.12 bits per heavy atom. The van der Waals surface area contributed by atoms with Gasteiger partial charge in [0.1, 0.15) is 0 Å². The normalized spacial score (nSPS) is 17.8. The number of benzene rings is 2. The van der Waals surface area contributed by atoms with Crippen LogP contribution in [0.3, 0.4) is 0 Å². The van der Waals surface area contributed by atoms with Crippen molar-refractivity contribution in [2.75, 3.05) is 13.2 Å². The molecule has 1 aliphatic heterocycles. The van der Waals surface area contributed by atoms with E-state index in [-0.39, 0.29) is 30.1 Å². The number of rotatable bonds is 9. The van der Waals surface area contributed by atoms with E-state index in [4.69, 9.17) is 14.6 Å². The topological polar surface area (TPSA) is 89.8 Å². The Morgan fingerprint density at radius 3 is 2.65 bits per heavy atom. The van der Waals surface area contributed by atoms with Gasteiger partial charge in [-0.2, -0.15) is 0 Å². The van der Waals surface area contributed by atoms with Crippen LogP contribution in [0.1, 0.15) is 48.0 Å². The zero-order valence-electron chi connectivity index (χ0n) is 19.3. The second-order valence-corrected chi connectivity index (χ2v) is 8.38. The summed E-state index contributed by atoms with van der Waals surface area (Å²) in [6, 6.07) is 17.4. The monoisotopic (exact) mass is 462 g/mol. The minimum atomic E-state index is -0.606. The van der Waals surface area contributed by atoms with Crippen molar-refractivity contribution in [3.8, 4) is 0 Å². The van der Waals surface area contributed by atoms with Crippen LogP contribution in [0.25, 0.3) is 10.9 Å². The summed E-state index contributed by atoms with van der Waals surface area (Å²) in [5.74, 6) is -0.345. The molecule has 4 rings (SSSR count). The highest BCUT2D eigenvalue weighted by atomic mass is 16.7. The molecule has 0 aliphatic carbocycles. The summed E-state index contributed by atoms with van der Waals surface area (Å²) < 4.78 is 13.5. The number of aliphatic hydroxyl groups excluding tert-OH is 1. The zero-order valence-corrected chi connectivity index (χ0v) is 19.3. The maximum absolute atomic E-state index is 13.0. The van der Waals surface area contributed by atoms with Gasteiger partial charge in [0.15, 0.2) is 5.76 Å². The van der Waals surface area contributed by atoms with E-state index in [0.29, 0.717) is 32.4 Å². The molecule has 178 valence electrons. The molecule has 2 heterocycles. The fraction of sp³-hybridized carbons (Fsp3) is 0.333. The van der Waals surface area contributed by atoms with E-state index < -0.39 is 6.29 Å². The molecule has 1 amide bonds. The van der Waals surface area contributed by atoms with Crippen LogP contribution in [0.5, 0.6) is 0 Å². The average Bonchev–Trinajstić information content (AvgIpc) is 3.26. The van der Waals surface area contributed by atoms with Crippen LogP contribution in [0.15, 0.2) is 72.6 Å². The van der Waals surface area contributed by atoms with E-state index in [1.54, 1.807) is 4.57 Å². The number of allylic oxidation sites excluding steroid dienone is 1. The summed E-state index contributed by atoms with van der Waals surface area (Å²) in [5, 5.41) is 12.9. The van der Waals surface area contributed by atoms with E-state index in [9.17, 15) is 9.59 Å². The van der Waals surface area contributed by atoms with Crippen LogP contribution < -0.4 is 5.32 Å². The lowest BCUT2D eigenvalue weighted by Gasteiger charge is -2.29. The molecule has 2 atom stereocenters. The third-order valence-electron chi connectivity index (χ3n) is 5.91. The first-order chi connectivity index (χ1) is 16.6. The molecule has 0 radical (unpaired) electrons. The lowest BCUT2D eigenvalue weighted by molar-refractivity contribution is -0.146. The zero-order chi connectivity index (χ0) is 23.9. The lowest BCUT2D eigenvalue weighted by atomic mass is 9.92. The lowest BCUT2D eigenvalue weighted by Crippen LogP contribution is -2.32. The van der Waals surface area contributed by atoms with Crippen LogP contribution in [0.2, 0.25) is 0 Å². The standard InChI is InChI=1S/C27H30N2O5/c1-19(31)29-18-23(22-11-5-6-12-24(22)29)21-15-25(34-26(16-21)33-14-8-7-13-30)27(32)28-17-20-9-3-2-4-10-20/h2-6,9-12,15,18,21,26,30H,7-8,13-14,16-17H2,1H3,(H,28,32)/t21-,26+/m1/s1. The molecule has 2 N–H and O–H groups in total. The number of para-hydroxylation sites is 1. The molecule has 0 unspecified atom stereocenters. The van der Waals surface area contributed by atoms with E-state index in [1.807, 2.05) is 66.9 Å². The highest BCUT2D eigenvalue weighted by Gasteiger charge is 2.30. The van der Waals surface area contributed by atoms with Gasteiger partial charge in [0.25, 0.3) is 5.91 Å². The summed E-state index contributed by atoms with van der Waals surface area (Å²) >= 11 is 0. The predicted octanol–water partition coefficient (Wildman–Crippen LogP) is 4.12. The first-order valence-electron chi connectivity index (χ1n) is 11.6. The molecule has 0 saturated heterocycles. The molecule has 1 aromatic heterocycles. The molecular weight excluding hydrogens is 432 g/mol. The van der Waals surface area contributed by atoms with Crippen molar-refractivity contribution in [2.45, 2.75) is 44.9 Å². The van der Waals surface area contributed by atoms with Gasteiger partial charge in [-0.05, 0) is 36.1 Å². The molecular formula is C27H30N2O5. The minimum Gasteiger partial charge on any atom is -0.459 e. The van der Waals surface area contributed by atoms with Gasteiger partial charge >= 0.3 is 0 Å². The number of aliphatic hydroxyl groups is 1. The molecule has 3 aromatic rings. The SMILES string of the molecule is CC(=O)n1cc([C@@H]2C=C(C(=O)NCc3ccccc3)O[C@H](OCCCCO)C2)c2ccccc21. The Kier molecular flexibility index (Phi) is 7.77. The number of carbonyl (C=O) groups is 2. The van der Waals surface area contributed by atoms with Crippen LogP contribution in [0, 0.1) is 0 Å². The molecule has 7 heteroatoms. The number of ether oxygens (including phenoxy) is 2. The van der Waals surface area contributed by atoms with Crippen molar-refractivity contribution in [1.29, 1.82) is 0 Å². The van der Waals surface area contributed by atoms with E-state index >= 15 is 0 Å². The number of unbranched alkanes of at least 4 members (excludes halogenated alkanes) is 1. The largest absolute Gasteiger partial charge is 0.459 e. The van der Waals surface area contributed by atoms with Gasteiger partial charge in [0, 0.05) is 44.0 Å². The van der Waals surface area contributed by atoms with E-state index in [1.165, 1.54) is 6.92 Å². The van der Waals surface area contributed by atoms with Crippen molar-refractivity contribution in [2.24, 2.45) is 0 Å². The maximum atomic E-state index is 13.0. The number of fused-ring (bicyclic) bond motifs is 1. The first-order valence-corrected chi connectivity index (χ1v) is 11.6. The van der Waals surface area contributed by atoms with Gasteiger partial charge in [0.2, 0.25) is 12.2 Å². The predicted molar refractivity (Wildman–Crippen MR) is 129 cm³/mol. The van der Waals surface area contributed by atoms with E-state index in [0.717, 1.165) is 22.0 Å². The van der Waals surface area contributed by atoms with Crippen LogP contribution in [0.4, 0.5) is 0 Å². The second-order valence-electron chi connectivity index (χ2n) is 8.38. The first kappa shape index (κ1) is 23.7. The van der Waals surface area contributed by atoms with Crippen molar-refractivity contribution in [1.82, 2.24) is 9.88 Å². The summed E-state index contributed by atoms with van der Waals surface area (Å²) in [6.07, 6.45) is 4.92. The van der Waals surface area contributed by atoms with Crippen molar-refractivity contribution in [3.63, 3.8) is 0 Å². The summed E-state index contributed by atoms with van der Waals surface area (Å²) in [6.45, 7) is 2.45. The van der Waals surface area contributed by atoms with Crippen LogP contribution in [-0.4, -0.2) is 41.0 Å². The molecule has 1 aliphatic rings. The summed E-state index contributed by atoms with van der Waals surface area (Å²) in [5.41, 5.74) is 2.77. The van der Waals surface area contributed by atoms with Gasteiger partial charge in [0.05, 0.1) is 12.1 Å². The molecule has 34 heavy (non-hydrogen) atoms. The van der Waals surface area contributed by atoms with Gasteiger partial charge in [-0.25, -0.2) is 0 Å². The number of carbonyl (C=O) groups excluding carboxylic acids is 2. The second kappa shape index (κ2) is 11.1. The Bertz CT molecular complexity index is 1170. The van der Waals surface area contributed by atoms with Crippen LogP contribution in [-0.2, 0) is 20.8 Å². The van der Waals surface area contributed by atoms with Gasteiger partial charge < -0.3 is 19.9 Å². The number of amides is 1. The third-order valence-corrected chi connectivity index (χ3v) is 5.91.